The fourth-order valence-corrected chi connectivity index (χ4v) is 3.02. The van der Waals surface area contributed by atoms with Gasteiger partial charge in [0.1, 0.15) is 17.7 Å². The number of rotatable bonds is 3. The van der Waals surface area contributed by atoms with Crippen LogP contribution in [0, 0.1) is 15.2 Å². The van der Waals surface area contributed by atoms with Crippen molar-refractivity contribution in [2.75, 3.05) is 11.4 Å². The number of hydrogen-bond acceptors (Lipinski definition) is 2. The Morgan fingerprint density at radius 3 is 2.39 bits per heavy atom. The van der Waals surface area contributed by atoms with E-state index in [1.165, 1.54) is 47.4 Å². The van der Waals surface area contributed by atoms with E-state index in [2.05, 4.69) is 5.32 Å². The van der Waals surface area contributed by atoms with Crippen LogP contribution in [-0.2, 0) is 4.79 Å². The minimum atomic E-state index is -0.631. The lowest BCUT2D eigenvalue weighted by Gasteiger charge is -2.38. The van der Waals surface area contributed by atoms with E-state index in [-0.39, 0.29) is 11.7 Å². The van der Waals surface area contributed by atoms with Crippen LogP contribution in [0.15, 0.2) is 42.5 Å². The van der Waals surface area contributed by atoms with Gasteiger partial charge in [0.15, 0.2) is 0 Å². The summed E-state index contributed by atoms with van der Waals surface area (Å²) in [5.41, 5.74) is 0.901. The molecule has 1 aliphatic heterocycles. The summed E-state index contributed by atoms with van der Waals surface area (Å²) in [6.07, 6.45) is 0. The predicted molar refractivity (Wildman–Crippen MR) is 89.1 cm³/mol. The highest BCUT2D eigenvalue weighted by atomic mass is 127. The topological polar surface area (TPSA) is 49.4 Å². The van der Waals surface area contributed by atoms with Crippen LogP contribution in [0.2, 0.25) is 0 Å². The molecule has 0 spiro atoms. The Hall–Kier alpha value is -2.03. The second-order valence-electron chi connectivity index (χ2n) is 5.08. The van der Waals surface area contributed by atoms with Crippen LogP contribution in [0.3, 0.4) is 0 Å². The summed E-state index contributed by atoms with van der Waals surface area (Å²) in [7, 11) is 0. The number of amides is 2. The molecule has 2 aromatic carbocycles. The third-order valence-corrected chi connectivity index (χ3v) is 4.44. The highest BCUT2D eigenvalue weighted by Crippen LogP contribution is 2.23. The molecule has 118 valence electrons. The molecule has 0 saturated carbocycles. The van der Waals surface area contributed by atoms with Crippen molar-refractivity contribution in [2.24, 2.45) is 0 Å². The average molecular weight is 428 g/mol. The van der Waals surface area contributed by atoms with E-state index in [0.29, 0.717) is 21.4 Å². The van der Waals surface area contributed by atoms with Gasteiger partial charge in [-0.25, -0.2) is 8.78 Å². The zero-order chi connectivity index (χ0) is 16.6. The van der Waals surface area contributed by atoms with Crippen LogP contribution in [0.5, 0.6) is 0 Å². The molecule has 1 heterocycles. The van der Waals surface area contributed by atoms with Crippen LogP contribution < -0.4 is 10.2 Å². The first kappa shape index (κ1) is 15.9. The molecule has 23 heavy (non-hydrogen) atoms. The second-order valence-corrected chi connectivity index (χ2v) is 6.24. The van der Waals surface area contributed by atoms with Crippen molar-refractivity contribution in [2.45, 2.75) is 6.04 Å². The van der Waals surface area contributed by atoms with E-state index >= 15 is 0 Å². The molecule has 1 atom stereocenters. The molecular weight excluding hydrogens is 417 g/mol. The Kier molecular flexibility index (Phi) is 4.29. The van der Waals surface area contributed by atoms with E-state index < -0.39 is 17.8 Å². The van der Waals surface area contributed by atoms with Gasteiger partial charge in [0, 0.05) is 9.26 Å². The Labute approximate surface area is 144 Å². The molecule has 3 rings (SSSR count). The minimum absolute atomic E-state index is 0.262. The van der Waals surface area contributed by atoms with Gasteiger partial charge < -0.3 is 10.2 Å². The Bertz CT molecular complexity index is 780. The number of halogens is 3. The predicted octanol–water partition coefficient (Wildman–Crippen LogP) is 2.71. The smallest absolute Gasteiger partial charge is 0.253 e. The number of nitrogens with one attached hydrogen (secondary N) is 1. The molecule has 1 fully saturated rings. The van der Waals surface area contributed by atoms with Crippen LogP contribution in [0.4, 0.5) is 14.5 Å². The van der Waals surface area contributed by atoms with Crippen LogP contribution in [0.25, 0.3) is 0 Å². The number of β-lactam (4-membered cyclic amide) rings is 1. The molecule has 7 heteroatoms. The zero-order valence-electron chi connectivity index (χ0n) is 11.7. The molecule has 4 nitrogen and oxygen atoms in total. The first-order valence-corrected chi connectivity index (χ1v) is 7.86. The monoisotopic (exact) mass is 428 g/mol. The lowest BCUT2D eigenvalue weighted by atomic mass is 10.1. The summed E-state index contributed by atoms with van der Waals surface area (Å²) in [6, 6.07) is 8.77. The Morgan fingerprint density at radius 2 is 1.78 bits per heavy atom. The maximum atomic E-state index is 13.1. The van der Waals surface area contributed by atoms with Gasteiger partial charge in [0.05, 0.1) is 12.1 Å². The van der Waals surface area contributed by atoms with Gasteiger partial charge in [0.25, 0.3) is 11.8 Å². The number of nitrogens with zero attached hydrogens (tertiary/aromatic N) is 1. The molecule has 0 aliphatic carbocycles. The molecular formula is C16H11F2IN2O2. The van der Waals surface area contributed by atoms with E-state index in [0.717, 1.165) is 0 Å². The van der Waals surface area contributed by atoms with Gasteiger partial charge in [-0.1, -0.05) is 0 Å². The van der Waals surface area contributed by atoms with Gasteiger partial charge in [0.2, 0.25) is 0 Å². The standard InChI is InChI=1S/C16H11F2IN2O2/c17-9-1-4-11(5-2-9)21-8-14(16(21)23)20-15(22)12-6-3-10(18)7-13(12)19/h1-7,14H,8H2,(H,20,22)/t14-/m0/s1. The molecule has 1 N–H and O–H groups in total. The lowest BCUT2D eigenvalue weighted by Crippen LogP contribution is -2.64. The molecule has 2 amide bonds. The molecule has 1 saturated heterocycles. The third kappa shape index (κ3) is 3.19. The molecule has 0 aromatic heterocycles. The maximum absolute atomic E-state index is 13.1. The third-order valence-electron chi connectivity index (χ3n) is 3.55. The van der Waals surface area contributed by atoms with Crippen LogP contribution >= 0.6 is 22.6 Å². The molecule has 2 aromatic rings. The fourth-order valence-electron chi connectivity index (χ4n) is 2.30. The van der Waals surface area contributed by atoms with E-state index in [9.17, 15) is 18.4 Å². The van der Waals surface area contributed by atoms with Crippen molar-refractivity contribution in [3.63, 3.8) is 0 Å². The normalized spacial score (nSPS) is 16.9. The number of hydrogen-bond donors (Lipinski definition) is 1. The lowest BCUT2D eigenvalue weighted by molar-refractivity contribution is -0.124. The number of anilines is 1. The molecule has 0 unspecified atom stereocenters. The van der Waals surface area contributed by atoms with Gasteiger partial charge in [-0.15, -0.1) is 0 Å². The SMILES string of the molecule is O=C(N[C@H]1CN(c2ccc(F)cc2)C1=O)c1ccc(F)cc1I. The zero-order valence-corrected chi connectivity index (χ0v) is 13.9. The molecule has 0 radical (unpaired) electrons. The quantitative estimate of drug-likeness (QED) is 0.604. The highest BCUT2D eigenvalue weighted by Gasteiger charge is 2.38. The van der Waals surface area contributed by atoms with Gasteiger partial charge >= 0.3 is 0 Å². The highest BCUT2D eigenvalue weighted by molar-refractivity contribution is 14.1. The van der Waals surface area contributed by atoms with Gasteiger partial charge in [-0.2, -0.15) is 0 Å². The molecule has 0 bridgehead atoms. The maximum Gasteiger partial charge on any atom is 0.253 e. The van der Waals surface area contributed by atoms with Crippen molar-refractivity contribution in [1.29, 1.82) is 0 Å². The van der Waals surface area contributed by atoms with Crippen molar-refractivity contribution in [3.8, 4) is 0 Å². The van der Waals surface area contributed by atoms with Crippen LogP contribution in [0.1, 0.15) is 10.4 Å². The summed E-state index contributed by atoms with van der Waals surface area (Å²) in [5, 5.41) is 2.62. The average Bonchev–Trinajstić information content (AvgIpc) is 2.51. The van der Waals surface area contributed by atoms with Crippen molar-refractivity contribution in [3.05, 3.63) is 63.2 Å². The fraction of sp³-hybridized carbons (Fsp3) is 0.125. The number of carbonyl (C=O) groups excluding carboxylic acids is 2. The minimum Gasteiger partial charge on any atom is -0.339 e. The summed E-state index contributed by atoms with van der Waals surface area (Å²) in [6.45, 7) is 0.313. The summed E-state index contributed by atoms with van der Waals surface area (Å²) < 4.78 is 26.4. The van der Waals surface area contributed by atoms with Crippen LogP contribution in [-0.4, -0.2) is 24.4 Å². The molecule has 1 aliphatic rings. The summed E-state index contributed by atoms with van der Waals surface area (Å²) >= 11 is 1.87. The Morgan fingerprint density at radius 1 is 1.13 bits per heavy atom. The van der Waals surface area contributed by atoms with Crippen molar-refractivity contribution >= 4 is 40.1 Å². The van der Waals surface area contributed by atoms with E-state index in [1.54, 1.807) is 0 Å². The van der Waals surface area contributed by atoms with Gasteiger partial charge in [-0.3, -0.25) is 9.59 Å². The van der Waals surface area contributed by atoms with E-state index in [4.69, 9.17) is 0 Å². The van der Waals surface area contributed by atoms with Crippen molar-refractivity contribution in [1.82, 2.24) is 5.32 Å². The van der Waals surface area contributed by atoms with Crippen molar-refractivity contribution < 1.29 is 18.4 Å². The van der Waals surface area contributed by atoms with E-state index in [1.807, 2.05) is 22.6 Å². The number of carbonyl (C=O) groups is 2. The summed E-state index contributed by atoms with van der Waals surface area (Å²) in [5.74, 6) is -1.49. The number of benzene rings is 2. The summed E-state index contributed by atoms with van der Waals surface area (Å²) in [4.78, 5) is 25.7. The first-order chi connectivity index (χ1) is 11.0. The Balaban J connectivity index is 1.65. The second kappa shape index (κ2) is 6.23. The largest absolute Gasteiger partial charge is 0.339 e. The van der Waals surface area contributed by atoms with Gasteiger partial charge in [-0.05, 0) is 65.1 Å². The first-order valence-electron chi connectivity index (χ1n) is 6.78.